The van der Waals surface area contributed by atoms with E-state index in [1.54, 1.807) is 41.9 Å². The number of piperazine rings is 1. The first-order valence-electron chi connectivity index (χ1n) is 11.2. The molecule has 1 aromatic carbocycles. The fraction of sp³-hybridized carbons (Fsp3) is 0.400. The number of benzene rings is 1. The number of rotatable bonds is 4. The van der Waals surface area contributed by atoms with Crippen LogP contribution in [0.5, 0.6) is 0 Å². The van der Waals surface area contributed by atoms with Crippen LogP contribution in [0.1, 0.15) is 38.4 Å². The highest BCUT2D eigenvalue weighted by molar-refractivity contribution is 6.15. The van der Waals surface area contributed by atoms with Crippen LogP contribution >= 0.6 is 0 Å². The van der Waals surface area contributed by atoms with Gasteiger partial charge in [-0.2, -0.15) is 5.26 Å². The van der Waals surface area contributed by atoms with E-state index in [0.29, 0.717) is 36.2 Å². The van der Waals surface area contributed by atoms with Crippen molar-refractivity contribution in [3.63, 3.8) is 0 Å². The molecule has 1 unspecified atom stereocenters. The van der Waals surface area contributed by atoms with Crippen LogP contribution in [0.25, 0.3) is 11.0 Å². The average molecular weight is 443 g/mol. The minimum absolute atomic E-state index is 0.0268. The molecule has 1 aliphatic rings. The number of hydrogen-bond donors (Lipinski definition) is 0. The first-order valence-corrected chi connectivity index (χ1v) is 11.2. The predicted octanol–water partition coefficient (Wildman–Crippen LogP) is 3.27. The Labute approximate surface area is 194 Å². The normalized spacial score (nSPS) is 21.0. The summed E-state index contributed by atoms with van der Waals surface area (Å²) in [5.41, 5.74) is 2.37. The Kier molecular flexibility index (Phi) is 6.02. The molecule has 0 saturated carbocycles. The van der Waals surface area contributed by atoms with E-state index in [1.807, 2.05) is 6.92 Å². The van der Waals surface area contributed by atoms with E-state index >= 15 is 0 Å². The van der Waals surface area contributed by atoms with Gasteiger partial charge in [-0.1, -0.05) is 19.1 Å². The molecule has 0 aliphatic carbocycles. The van der Waals surface area contributed by atoms with Crippen molar-refractivity contribution in [2.75, 3.05) is 18.0 Å². The molecule has 1 aliphatic heterocycles. The quantitative estimate of drug-likeness (QED) is 0.580. The number of anilines is 1. The van der Waals surface area contributed by atoms with Gasteiger partial charge in [0.2, 0.25) is 0 Å². The van der Waals surface area contributed by atoms with Gasteiger partial charge in [0.15, 0.2) is 0 Å². The molecule has 2 radical (unpaired) electrons. The zero-order valence-electron chi connectivity index (χ0n) is 19.4. The molecule has 4 rings (SSSR count). The Balaban J connectivity index is 1.74. The molecular weight excluding hydrogens is 416 g/mol. The maximum atomic E-state index is 13.5. The molecule has 6 nitrogen and oxygen atoms in total. The number of pyridine rings is 2. The van der Waals surface area contributed by atoms with E-state index in [-0.39, 0.29) is 23.5 Å². The topological polar surface area (TPSA) is 65.2 Å². The predicted molar refractivity (Wildman–Crippen MR) is 129 cm³/mol. The van der Waals surface area contributed by atoms with Crippen LogP contribution in [0.2, 0.25) is 0 Å². The summed E-state index contributed by atoms with van der Waals surface area (Å²) in [6.45, 7) is 7.52. The molecule has 3 aromatic rings. The molecule has 8 heteroatoms. The van der Waals surface area contributed by atoms with Crippen molar-refractivity contribution in [3.8, 4) is 6.07 Å². The highest BCUT2D eigenvalue weighted by atomic mass is 19.1. The number of nitrogens with zero attached hydrogens (tertiary/aromatic N) is 5. The highest BCUT2D eigenvalue weighted by Gasteiger charge is 2.40. The summed E-state index contributed by atoms with van der Waals surface area (Å²) in [4.78, 5) is 21.7. The van der Waals surface area contributed by atoms with Crippen LogP contribution in [-0.4, -0.2) is 47.5 Å². The molecule has 1 saturated heterocycles. The van der Waals surface area contributed by atoms with Gasteiger partial charge in [-0.05, 0) is 50.1 Å². The summed E-state index contributed by atoms with van der Waals surface area (Å²) in [5.74, 6) is -0.287. The maximum absolute atomic E-state index is 13.5. The van der Waals surface area contributed by atoms with Crippen molar-refractivity contribution in [2.24, 2.45) is 7.05 Å². The molecule has 0 bridgehead atoms. The second kappa shape index (κ2) is 8.64. The Bertz CT molecular complexity index is 1280. The second-order valence-electron chi connectivity index (χ2n) is 8.89. The Hall–Kier alpha value is -3.18. The number of nitriles is 1. The van der Waals surface area contributed by atoms with E-state index in [9.17, 15) is 14.4 Å². The molecule has 3 atom stereocenters. The fourth-order valence-corrected chi connectivity index (χ4v) is 4.92. The van der Waals surface area contributed by atoms with Crippen LogP contribution in [-0.2, 0) is 12.5 Å². The van der Waals surface area contributed by atoms with Crippen LogP contribution in [0.4, 0.5) is 10.1 Å². The Morgan fingerprint density at radius 2 is 1.88 bits per heavy atom. The molecule has 3 heterocycles. The van der Waals surface area contributed by atoms with Gasteiger partial charge in [0, 0.05) is 43.7 Å². The zero-order chi connectivity index (χ0) is 23.9. The first kappa shape index (κ1) is 23.0. The highest BCUT2D eigenvalue weighted by Crippen LogP contribution is 2.36. The molecule has 1 fully saturated rings. The fourth-order valence-electron chi connectivity index (χ4n) is 4.92. The first-order chi connectivity index (χ1) is 15.7. The van der Waals surface area contributed by atoms with Crippen molar-refractivity contribution in [3.05, 3.63) is 69.9 Å². The zero-order valence-corrected chi connectivity index (χ0v) is 19.4. The van der Waals surface area contributed by atoms with Crippen molar-refractivity contribution < 1.29 is 4.39 Å². The van der Waals surface area contributed by atoms with Gasteiger partial charge in [-0.3, -0.25) is 9.69 Å². The van der Waals surface area contributed by atoms with E-state index in [1.165, 1.54) is 12.1 Å². The number of aromatic nitrogens is 2. The number of fused-ring (bicyclic) bond motifs is 1. The summed E-state index contributed by atoms with van der Waals surface area (Å²) in [6, 6.07) is 13.6. The van der Waals surface area contributed by atoms with E-state index in [4.69, 9.17) is 7.85 Å². The third kappa shape index (κ3) is 3.91. The molecule has 2 aromatic heterocycles. The standard InChI is InChI=1S/C25H27BFN5O/c1-5-25(26,18-6-8-19(27)9-7-18)32-15-16(2)31(14-17(32)3)22-12-23(33)30(4)21-11-10-20(13-28)29-24(21)22/h6-12,16-17H,5,14-15H2,1-4H3/t16-,17+,25?/m0/s1. The molecular formula is C25H27BFN5O. The van der Waals surface area contributed by atoms with Gasteiger partial charge in [0.1, 0.15) is 30.9 Å². The van der Waals surface area contributed by atoms with E-state index < -0.39 is 5.44 Å². The Morgan fingerprint density at radius 3 is 2.52 bits per heavy atom. The van der Waals surface area contributed by atoms with Gasteiger partial charge in [-0.15, -0.1) is 0 Å². The van der Waals surface area contributed by atoms with E-state index in [2.05, 4.69) is 34.7 Å². The smallest absolute Gasteiger partial charge is 0.252 e. The van der Waals surface area contributed by atoms with E-state index in [0.717, 1.165) is 11.3 Å². The SMILES string of the molecule is [B]C(CC)(c1ccc(F)cc1)N1C[C@H](C)N(c2cc(=O)n(C)c3ccc(C#N)nc23)C[C@H]1C. The number of halogens is 1. The second-order valence-corrected chi connectivity index (χ2v) is 8.89. The molecule has 0 spiro atoms. The third-order valence-electron chi connectivity index (χ3n) is 6.87. The lowest BCUT2D eigenvalue weighted by atomic mass is 9.67. The average Bonchev–Trinajstić information content (AvgIpc) is 2.82. The Morgan fingerprint density at radius 1 is 1.18 bits per heavy atom. The van der Waals surface area contributed by atoms with Crippen molar-refractivity contribution >= 4 is 24.6 Å². The number of aryl methyl sites for hydroxylation is 1. The van der Waals surface area contributed by atoms with Crippen LogP contribution < -0.4 is 10.5 Å². The lowest BCUT2D eigenvalue weighted by molar-refractivity contribution is 0.0783. The van der Waals surface area contributed by atoms with Crippen molar-refractivity contribution in [1.29, 1.82) is 5.26 Å². The molecule has 168 valence electrons. The summed E-state index contributed by atoms with van der Waals surface area (Å²) < 4.78 is 15.1. The lowest BCUT2D eigenvalue weighted by Gasteiger charge is -2.53. The van der Waals surface area contributed by atoms with Crippen LogP contribution in [0.3, 0.4) is 0 Å². The monoisotopic (exact) mass is 443 g/mol. The summed E-state index contributed by atoms with van der Waals surface area (Å²) in [5, 5.41) is 9.35. The summed E-state index contributed by atoms with van der Waals surface area (Å²) in [6.07, 6.45) is 0.664. The van der Waals surface area contributed by atoms with Crippen molar-refractivity contribution in [2.45, 2.75) is 44.7 Å². The summed E-state index contributed by atoms with van der Waals surface area (Å²) in [7, 11) is 8.64. The minimum atomic E-state index is -0.741. The third-order valence-corrected chi connectivity index (χ3v) is 6.87. The van der Waals surface area contributed by atoms with Gasteiger partial charge in [0.05, 0.1) is 11.2 Å². The van der Waals surface area contributed by atoms with Crippen LogP contribution in [0, 0.1) is 17.1 Å². The largest absolute Gasteiger partial charge is 0.364 e. The minimum Gasteiger partial charge on any atom is -0.364 e. The number of hydrogen-bond acceptors (Lipinski definition) is 5. The van der Waals surface area contributed by atoms with Gasteiger partial charge in [-0.25, -0.2) is 9.37 Å². The van der Waals surface area contributed by atoms with Gasteiger partial charge >= 0.3 is 0 Å². The maximum Gasteiger partial charge on any atom is 0.252 e. The van der Waals surface area contributed by atoms with Crippen LogP contribution in [0.15, 0.2) is 47.3 Å². The molecule has 33 heavy (non-hydrogen) atoms. The molecule has 0 N–H and O–H groups in total. The lowest BCUT2D eigenvalue weighted by Crippen LogP contribution is -2.63. The van der Waals surface area contributed by atoms with Crippen molar-refractivity contribution in [1.82, 2.24) is 14.5 Å². The molecule has 0 amide bonds. The van der Waals surface area contributed by atoms with Gasteiger partial charge < -0.3 is 9.47 Å². The van der Waals surface area contributed by atoms with Gasteiger partial charge in [0.25, 0.3) is 5.56 Å². The summed E-state index contributed by atoms with van der Waals surface area (Å²) >= 11 is 0.